The van der Waals surface area contributed by atoms with Crippen LogP contribution < -0.4 is 5.32 Å². The molecule has 61 heavy (non-hydrogen) atoms. The molecule has 7 atom stereocenters. The molecule has 0 unspecified atom stereocenters. The van der Waals surface area contributed by atoms with E-state index in [9.17, 15) is 43.8 Å². The van der Waals surface area contributed by atoms with Gasteiger partial charge in [0.15, 0.2) is 0 Å². The second-order valence-corrected chi connectivity index (χ2v) is 15.2. The molecule has 1 saturated heterocycles. The van der Waals surface area contributed by atoms with E-state index >= 15 is 0 Å². The van der Waals surface area contributed by atoms with Crippen LogP contribution in [0.25, 0.3) is 0 Å². The first-order chi connectivity index (χ1) is 29.1. The molecule has 1 saturated carbocycles. The molecule has 1 aliphatic carbocycles. The van der Waals surface area contributed by atoms with Gasteiger partial charge in [-0.1, -0.05) is 91.9 Å². The third-order valence-electron chi connectivity index (χ3n) is 10.6. The third-order valence-corrected chi connectivity index (χ3v) is 10.6. The lowest BCUT2D eigenvalue weighted by molar-refractivity contribution is -0.166. The van der Waals surface area contributed by atoms with Crippen molar-refractivity contribution in [2.45, 2.75) is 123 Å². The minimum absolute atomic E-state index is 0.0332. The Morgan fingerprint density at radius 1 is 0.738 bits per heavy atom. The smallest absolute Gasteiger partial charge is 0.349 e. The number of carboxylic acid groups (broad SMARTS) is 2. The maximum Gasteiger partial charge on any atom is 0.349 e. The Balaban J connectivity index is 0.000000272. The van der Waals surface area contributed by atoms with Gasteiger partial charge in [-0.2, -0.15) is 0 Å². The van der Waals surface area contributed by atoms with Crippen molar-refractivity contribution in [3.8, 4) is 0 Å². The zero-order valence-electron chi connectivity index (χ0n) is 35.2. The fourth-order valence-electron chi connectivity index (χ4n) is 7.44. The number of carbonyl (C=O) groups is 7. The Hall–Kier alpha value is -6.09. The number of hydrogen-bond donors (Lipinski definition) is 3. The fraction of sp³-hybridized carbons (Fsp3) is 0.457. The summed E-state index contributed by atoms with van der Waals surface area (Å²) in [4.78, 5) is 88.2. The van der Waals surface area contributed by atoms with Gasteiger partial charge in [0, 0.05) is 6.04 Å². The van der Waals surface area contributed by atoms with E-state index in [0.29, 0.717) is 25.4 Å². The van der Waals surface area contributed by atoms with Crippen molar-refractivity contribution in [1.82, 2.24) is 10.2 Å². The van der Waals surface area contributed by atoms with Crippen LogP contribution in [0.3, 0.4) is 0 Å². The van der Waals surface area contributed by atoms with Crippen LogP contribution in [0.15, 0.2) is 78.9 Å². The second kappa shape index (κ2) is 23.1. The topological polar surface area (TPSA) is 212 Å². The number of likely N-dealkylation sites (tertiary alicyclic amines) is 1. The van der Waals surface area contributed by atoms with E-state index in [1.54, 1.807) is 56.9 Å². The molecular formula is C46H56N2O13. The molecule has 1 amide bonds. The van der Waals surface area contributed by atoms with Crippen LogP contribution in [-0.4, -0.2) is 99.8 Å². The van der Waals surface area contributed by atoms with E-state index in [1.165, 1.54) is 24.3 Å². The van der Waals surface area contributed by atoms with Crippen molar-refractivity contribution >= 4 is 41.7 Å². The van der Waals surface area contributed by atoms with Crippen LogP contribution in [0.2, 0.25) is 0 Å². The van der Waals surface area contributed by atoms with E-state index in [-0.39, 0.29) is 41.6 Å². The number of hydrogen-bond acceptors (Lipinski definition) is 12. The summed E-state index contributed by atoms with van der Waals surface area (Å²) in [6.07, 6.45) is 1.70. The Kier molecular flexibility index (Phi) is 18.0. The molecule has 3 aromatic carbocycles. The number of amides is 1. The van der Waals surface area contributed by atoms with Crippen LogP contribution >= 0.6 is 0 Å². The van der Waals surface area contributed by atoms with Crippen molar-refractivity contribution in [3.63, 3.8) is 0 Å². The summed E-state index contributed by atoms with van der Waals surface area (Å²) in [6, 6.07) is 20.0. The highest BCUT2D eigenvalue weighted by Crippen LogP contribution is 2.40. The highest BCUT2D eigenvalue weighted by Gasteiger charge is 2.49. The monoisotopic (exact) mass is 844 g/mol. The summed E-state index contributed by atoms with van der Waals surface area (Å²) in [7, 11) is 0. The van der Waals surface area contributed by atoms with Crippen LogP contribution in [0.4, 0.5) is 0 Å². The predicted molar refractivity (Wildman–Crippen MR) is 221 cm³/mol. The van der Waals surface area contributed by atoms with Gasteiger partial charge < -0.3 is 34.1 Å². The highest BCUT2D eigenvalue weighted by atomic mass is 16.6. The van der Waals surface area contributed by atoms with Gasteiger partial charge in [-0.3, -0.25) is 14.9 Å². The number of rotatable bonds is 17. The number of carbonyl (C=O) groups excluding carboxylic acids is 5. The molecule has 15 heteroatoms. The van der Waals surface area contributed by atoms with E-state index in [0.717, 1.165) is 48.8 Å². The number of nitrogens with one attached hydrogen (secondary N) is 1. The largest absolute Gasteiger partial charge is 0.478 e. The Labute approximate surface area is 355 Å². The molecule has 3 aromatic rings. The molecular weight excluding hydrogens is 789 g/mol. The normalized spacial score (nSPS) is 18.7. The molecule has 1 aliphatic heterocycles. The standard InChI is InChI=1S/C26H38N2O5.C20H18O8/c1-4-11-21(25(30)32-5-2)27-18(3)24(29)28-22-15-10-9-14-20(22)16-23(28)26(31)33-17-19-12-7-6-8-13-19;1-11-3-7-13(8-4-11)19(25)27-15(17(21)22)16(18(23)24)28-20(26)14-9-5-12(2)6-10-14/h6-8,12-13,18,20-23,27H,4-5,9-11,14-17H2,1-3H3;3-10,15-16H,1-2H3,(H,21,22)(H,23,24)/t18-,20-,21-,22-,23-;15-,16-/m01/s1. The second-order valence-electron chi connectivity index (χ2n) is 15.2. The number of fused-ring (bicyclic) bond motifs is 1. The summed E-state index contributed by atoms with van der Waals surface area (Å²) in [6.45, 7) is 9.62. The van der Waals surface area contributed by atoms with Gasteiger partial charge in [0.25, 0.3) is 0 Å². The molecule has 0 radical (unpaired) electrons. The quantitative estimate of drug-likeness (QED) is 0.108. The van der Waals surface area contributed by atoms with Crippen LogP contribution in [0.5, 0.6) is 0 Å². The number of esters is 4. The summed E-state index contributed by atoms with van der Waals surface area (Å²) in [5, 5.41) is 21.8. The van der Waals surface area contributed by atoms with Crippen molar-refractivity contribution in [3.05, 3.63) is 107 Å². The van der Waals surface area contributed by atoms with Crippen LogP contribution in [-0.2, 0) is 49.5 Å². The van der Waals surface area contributed by atoms with E-state index in [2.05, 4.69) is 5.32 Å². The minimum Gasteiger partial charge on any atom is -0.478 e. The van der Waals surface area contributed by atoms with Crippen LogP contribution in [0, 0.1) is 19.8 Å². The SMILES string of the molecule is CCC[C@H](N[C@@H](C)C(=O)N1[C@H](C(=O)OCc2ccccc2)C[C@@H]2CCCC[C@@H]21)C(=O)OCC.Cc1ccc(C(=O)O[C@@H](C(=O)O)[C@@H](OC(=O)c2ccc(C)cc2)C(=O)O)cc1. The third kappa shape index (κ3) is 13.5. The molecule has 15 nitrogen and oxygen atoms in total. The van der Waals surface area contributed by atoms with Crippen LogP contribution in [0.1, 0.15) is 103 Å². The number of aryl methyl sites for hydroxylation is 2. The molecule has 0 spiro atoms. The van der Waals surface area contributed by atoms with Gasteiger partial charge in [0.2, 0.25) is 18.1 Å². The number of aliphatic carboxylic acids is 2. The number of benzene rings is 3. The lowest BCUT2D eigenvalue weighted by Gasteiger charge is -2.35. The van der Waals surface area contributed by atoms with Gasteiger partial charge in [0.1, 0.15) is 18.7 Å². The summed E-state index contributed by atoms with van der Waals surface area (Å²) < 4.78 is 20.5. The predicted octanol–water partition coefficient (Wildman–Crippen LogP) is 5.82. The molecule has 5 rings (SSSR count). The first-order valence-electron chi connectivity index (χ1n) is 20.6. The summed E-state index contributed by atoms with van der Waals surface area (Å²) in [5.74, 6) is -6.12. The van der Waals surface area contributed by atoms with Crippen molar-refractivity contribution < 1.29 is 62.7 Å². The Bertz CT molecular complexity index is 1890. The summed E-state index contributed by atoms with van der Waals surface area (Å²) in [5.41, 5.74) is 2.71. The van der Waals surface area contributed by atoms with Gasteiger partial charge >= 0.3 is 35.8 Å². The number of ether oxygens (including phenoxy) is 4. The van der Waals surface area contributed by atoms with Crippen molar-refractivity contribution in [1.29, 1.82) is 0 Å². The molecule has 2 aliphatic rings. The number of nitrogens with zero attached hydrogens (tertiary/aromatic N) is 1. The lowest BCUT2D eigenvalue weighted by Crippen LogP contribution is -2.55. The molecule has 3 N–H and O–H groups in total. The zero-order valence-corrected chi connectivity index (χ0v) is 35.2. The first-order valence-corrected chi connectivity index (χ1v) is 20.6. The van der Waals surface area contributed by atoms with Gasteiger partial charge in [-0.05, 0) is 89.1 Å². The Morgan fingerprint density at radius 3 is 1.75 bits per heavy atom. The zero-order chi connectivity index (χ0) is 44.6. The fourth-order valence-corrected chi connectivity index (χ4v) is 7.44. The highest BCUT2D eigenvalue weighted by molar-refractivity contribution is 5.95. The van der Waals surface area contributed by atoms with Crippen molar-refractivity contribution in [2.24, 2.45) is 5.92 Å². The Morgan fingerprint density at radius 2 is 1.26 bits per heavy atom. The van der Waals surface area contributed by atoms with E-state index in [4.69, 9.17) is 18.9 Å². The first kappa shape index (κ1) is 47.6. The van der Waals surface area contributed by atoms with Gasteiger partial charge in [-0.15, -0.1) is 0 Å². The molecule has 0 aromatic heterocycles. The maximum absolute atomic E-state index is 13.6. The average Bonchev–Trinajstić information content (AvgIpc) is 3.64. The van der Waals surface area contributed by atoms with E-state index < -0.39 is 54.2 Å². The molecule has 0 bridgehead atoms. The average molecular weight is 845 g/mol. The molecule has 1 heterocycles. The van der Waals surface area contributed by atoms with Crippen molar-refractivity contribution in [2.75, 3.05) is 6.61 Å². The summed E-state index contributed by atoms with van der Waals surface area (Å²) >= 11 is 0. The van der Waals surface area contributed by atoms with Gasteiger partial charge in [0.05, 0.1) is 23.8 Å². The number of carboxylic acids is 2. The molecule has 328 valence electrons. The van der Waals surface area contributed by atoms with Gasteiger partial charge in [-0.25, -0.2) is 24.0 Å². The maximum atomic E-state index is 13.6. The lowest BCUT2D eigenvalue weighted by atomic mass is 9.84. The van der Waals surface area contributed by atoms with E-state index in [1.807, 2.05) is 37.3 Å². The molecule has 2 fully saturated rings. The minimum atomic E-state index is -2.22.